The van der Waals surface area contributed by atoms with Gasteiger partial charge in [-0.25, -0.2) is 15.0 Å². The molecule has 1 atom stereocenters. The molecule has 170 valence electrons. The summed E-state index contributed by atoms with van der Waals surface area (Å²) in [4.78, 5) is 36.6. The Labute approximate surface area is 197 Å². The van der Waals surface area contributed by atoms with E-state index in [-0.39, 0.29) is 11.8 Å². The van der Waals surface area contributed by atoms with Crippen LogP contribution < -0.4 is 4.74 Å². The Bertz CT molecular complexity index is 1300. The molecule has 1 unspecified atom stereocenters. The van der Waals surface area contributed by atoms with Crippen molar-refractivity contribution in [1.82, 2.24) is 29.8 Å². The average Bonchev–Trinajstić information content (AvgIpc) is 2.89. The van der Waals surface area contributed by atoms with Crippen LogP contribution in [0.2, 0.25) is 0 Å². The zero-order chi connectivity index (χ0) is 23.3. The van der Waals surface area contributed by atoms with E-state index in [2.05, 4.69) is 19.9 Å². The van der Waals surface area contributed by atoms with Crippen LogP contribution in [0.5, 0.6) is 11.6 Å². The number of pyridine rings is 1. The van der Waals surface area contributed by atoms with E-state index in [0.29, 0.717) is 24.5 Å². The molecule has 0 spiro atoms. The number of rotatable bonds is 5. The first-order chi connectivity index (χ1) is 16.7. The van der Waals surface area contributed by atoms with Crippen molar-refractivity contribution in [2.75, 3.05) is 13.1 Å². The molecule has 0 saturated carbocycles. The Morgan fingerprint density at radius 3 is 2.65 bits per heavy atom. The number of hydrogen-bond acceptors (Lipinski definition) is 7. The first-order valence-electron chi connectivity index (χ1n) is 11.2. The second-order valence-electron chi connectivity index (χ2n) is 8.38. The number of likely N-dealkylation sites (tertiary alicyclic amines) is 1. The highest BCUT2D eigenvalue weighted by atomic mass is 16.5. The van der Waals surface area contributed by atoms with Gasteiger partial charge in [0, 0.05) is 61.1 Å². The van der Waals surface area contributed by atoms with E-state index in [1.165, 1.54) is 6.33 Å². The Balaban J connectivity index is 1.31. The fourth-order valence-corrected chi connectivity index (χ4v) is 4.16. The summed E-state index contributed by atoms with van der Waals surface area (Å²) < 4.78 is 5.92. The third kappa shape index (κ3) is 4.91. The minimum absolute atomic E-state index is 0.0453. The molecule has 1 fully saturated rings. The SMILES string of the molecule is Cc1cccc(Oc2cncc(C3CCCN(C(=O)c4cncc(-c5cncnc5)c4)C3)n2)c1. The Kier molecular flexibility index (Phi) is 6.20. The van der Waals surface area contributed by atoms with Gasteiger partial charge in [-0.2, -0.15) is 0 Å². The van der Waals surface area contributed by atoms with Gasteiger partial charge in [0.05, 0.1) is 17.5 Å². The molecule has 1 saturated heterocycles. The number of nitrogens with zero attached hydrogens (tertiary/aromatic N) is 6. The van der Waals surface area contributed by atoms with Crippen LogP contribution in [0.1, 0.15) is 40.4 Å². The quantitative estimate of drug-likeness (QED) is 0.442. The van der Waals surface area contributed by atoms with E-state index in [9.17, 15) is 4.79 Å². The highest BCUT2D eigenvalue weighted by Gasteiger charge is 2.27. The molecular weight excluding hydrogens is 428 g/mol. The van der Waals surface area contributed by atoms with Crippen LogP contribution in [-0.4, -0.2) is 48.8 Å². The molecule has 4 aromatic rings. The number of aromatic nitrogens is 5. The molecule has 0 aliphatic carbocycles. The van der Waals surface area contributed by atoms with Gasteiger partial charge in [0.25, 0.3) is 5.91 Å². The van der Waals surface area contributed by atoms with Crippen LogP contribution in [0.25, 0.3) is 11.1 Å². The minimum atomic E-state index is -0.0453. The number of benzene rings is 1. The van der Waals surface area contributed by atoms with E-state index in [0.717, 1.165) is 41.0 Å². The lowest BCUT2D eigenvalue weighted by Gasteiger charge is -2.32. The van der Waals surface area contributed by atoms with Gasteiger partial charge in [-0.15, -0.1) is 0 Å². The van der Waals surface area contributed by atoms with Gasteiger partial charge >= 0.3 is 0 Å². The maximum absolute atomic E-state index is 13.3. The van der Waals surface area contributed by atoms with Crippen molar-refractivity contribution < 1.29 is 9.53 Å². The second-order valence-corrected chi connectivity index (χ2v) is 8.38. The summed E-state index contributed by atoms with van der Waals surface area (Å²) >= 11 is 0. The maximum Gasteiger partial charge on any atom is 0.255 e. The van der Waals surface area contributed by atoms with Crippen molar-refractivity contribution in [1.29, 1.82) is 0 Å². The standard InChI is InChI=1S/C26H24N6O2/c1-18-4-2-6-23(8-18)34-25-15-28-14-24(31-25)19-5-3-7-32(16-19)26(33)21-9-20(10-27-11-21)22-12-29-17-30-13-22/h2,4,6,8-15,17,19H,3,5,7,16H2,1H3. The smallest absolute Gasteiger partial charge is 0.255 e. The highest BCUT2D eigenvalue weighted by Crippen LogP contribution is 2.29. The molecule has 0 radical (unpaired) electrons. The van der Waals surface area contributed by atoms with E-state index < -0.39 is 0 Å². The van der Waals surface area contributed by atoms with Gasteiger partial charge in [-0.3, -0.25) is 14.8 Å². The number of aryl methyl sites for hydroxylation is 1. The largest absolute Gasteiger partial charge is 0.437 e. The van der Waals surface area contributed by atoms with E-state index in [1.54, 1.807) is 37.2 Å². The second kappa shape index (κ2) is 9.74. The number of ether oxygens (including phenoxy) is 1. The van der Waals surface area contributed by atoms with Crippen LogP contribution in [0.3, 0.4) is 0 Å². The third-order valence-corrected chi connectivity index (χ3v) is 5.85. The lowest BCUT2D eigenvalue weighted by molar-refractivity contribution is 0.0705. The van der Waals surface area contributed by atoms with E-state index >= 15 is 0 Å². The molecule has 1 amide bonds. The topological polar surface area (TPSA) is 94.0 Å². The lowest BCUT2D eigenvalue weighted by Crippen LogP contribution is -2.39. The van der Waals surface area contributed by atoms with Crippen molar-refractivity contribution in [2.45, 2.75) is 25.7 Å². The normalized spacial score (nSPS) is 15.7. The van der Waals surface area contributed by atoms with Gasteiger partial charge in [0.2, 0.25) is 5.88 Å². The summed E-state index contributed by atoms with van der Waals surface area (Å²) in [6.07, 6.45) is 13.4. The van der Waals surface area contributed by atoms with Gasteiger partial charge in [-0.05, 0) is 43.5 Å². The number of amides is 1. The van der Waals surface area contributed by atoms with E-state index in [4.69, 9.17) is 9.72 Å². The molecule has 34 heavy (non-hydrogen) atoms. The molecular formula is C26H24N6O2. The summed E-state index contributed by atoms with van der Waals surface area (Å²) in [5.74, 6) is 1.22. The summed E-state index contributed by atoms with van der Waals surface area (Å²) in [6.45, 7) is 3.28. The average molecular weight is 453 g/mol. The van der Waals surface area contributed by atoms with Gasteiger partial charge in [0.1, 0.15) is 12.1 Å². The molecule has 1 aliphatic rings. The lowest BCUT2D eigenvalue weighted by atomic mass is 9.94. The van der Waals surface area contributed by atoms with Gasteiger partial charge < -0.3 is 9.64 Å². The minimum Gasteiger partial charge on any atom is -0.437 e. The zero-order valence-corrected chi connectivity index (χ0v) is 18.8. The Hall–Kier alpha value is -4.20. The monoisotopic (exact) mass is 452 g/mol. The number of carbonyl (C=O) groups excluding carboxylic acids is 1. The van der Waals surface area contributed by atoms with Crippen molar-refractivity contribution >= 4 is 5.91 Å². The van der Waals surface area contributed by atoms with Crippen LogP contribution in [-0.2, 0) is 0 Å². The molecule has 0 bridgehead atoms. The summed E-state index contributed by atoms with van der Waals surface area (Å²) in [5, 5.41) is 0. The van der Waals surface area contributed by atoms with Crippen molar-refractivity contribution in [2.24, 2.45) is 0 Å². The molecule has 4 heterocycles. The first-order valence-corrected chi connectivity index (χ1v) is 11.2. The molecule has 5 rings (SSSR count). The van der Waals surface area contributed by atoms with Crippen molar-refractivity contribution in [3.63, 3.8) is 0 Å². The van der Waals surface area contributed by atoms with Crippen LogP contribution >= 0.6 is 0 Å². The predicted octanol–water partition coefficient (Wildman–Crippen LogP) is 4.45. The highest BCUT2D eigenvalue weighted by molar-refractivity contribution is 5.95. The number of carbonyl (C=O) groups is 1. The maximum atomic E-state index is 13.3. The summed E-state index contributed by atoms with van der Waals surface area (Å²) in [5.41, 5.74) is 4.12. The molecule has 8 nitrogen and oxygen atoms in total. The fourth-order valence-electron chi connectivity index (χ4n) is 4.16. The zero-order valence-electron chi connectivity index (χ0n) is 18.8. The molecule has 3 aromatic heterocycles. The van der Waals surface area contributed by atoms with Crippen LogP contribution in [0.4, 0.5) is 0 Å². The number of piperidine rings is 1. The van der Waals surface area contributed by atoms with Gasteiger partial charge in [0.15, 0.2) is 0 Å². The summed E-state index contributed by atoms with van der Waals surface area (Å²) in [6, 6.07) is 9.65. The molecule has 1 aliphatic heterocycles. The fraction of sp³-hybridized carbons (Fsp3) is 0.231. The first kappa shape index (κ1) is 21.6. The van der Waals surface area contributed by atoms with Crippen molar-refractivity contribution in [3.8, 4) is 22.8 Å². The molecule has 0 N–H and O–H groups in total. The molecule has 1 aromatic carbocycles. The van der Waals surface area contributed by atoms with Crippen LogP contribution in [0, 0.1) is 6.92 Å². The predicted molar refractivity (Wildman–Crippen MR) is 126 cm³/mol. The van der Waals surface area contributed by atoms with E-state index in [1.807, 2.05) is 42.2 Å². The molecule has 8 heteroatoms. The van der Waals surface area contributed by atoms with Crippen molar-refractivity contribution in [3.05, 3.63) is 90.7 Å². The Morgan fingerprint density at radius 1 is 0.971 bits per heavy atom. The number of hydrogen-bond donors (Lipinski definition) is 0. The van der Waals surface area contributed by atoms with Crippen LogP contribution in [0.15, 0.2) is 73.8 Å². The Morgan fingerprint density at radius 2 is 1.79 bits per heavy atom. The van der Waals surface area contributed by atoms with Gasteiger partial charge in [-0.1, -0.05) is 12.1 Å². The summed E-state index contributed by atoms with van der Waals surface area (Å²) in [7, 11) is 0. The third-order valence-electron chi connectivity index (χ3n) is 5.85.